The smallest absolute Gasteiger partial charge is 0.310 e. The lowest BCUT2D eigenvalue weighted by molar-refractivity contribution is -0.483. The van der Waals surface area contributed by atoms with Crippen LogP contribution in [0.15, 0.2) is 12.2 Å². The van der Waals surface area contributed by atoms with Crippen LogP contribution in [0, 0.1) is 45.8 Å². The lowest BCUT2D eigenvalue weighted by atomic mass is 9.21. The Bertz CT molecular complexity index is 1150. The van der Waals surface area contributed by atoms with Gasteiger partial charge in [-0.05, 0) is 74.4 Å². The van der Waals surface area contributed by atoms with Crippen LogP contribution in [-0.4, -0.2) is 71.2 Å². The average Bonchev–Trinajstić information content (AvgIpc) is 2.88. The van der Waals surface area contributed by atoms with Crippen molar-refractivity contribution in [1.29, 1.82) is 0 Å². The number of ketones is 1. The van der Waals surface area contributed by atoms with Crippen molar-refractivity contribution in [2.45, 2.75) is 82.9 Å². The van der Waals surface area contributed by atoms with E-state index >= 15 is 0 Å². The van der Waals surface area contributed by atoms with Gasteiger partial charge in [-0.3, -0.25) is 14.4 Å². The van der Waals surface area contributed by atoms with E-state index in [0.29, 0.717) is 37.7 Å². The first-order valence-electron chi connectivity index (χ1n) is 14.3. The van der Waals surface area contributed by atoms with Gasteiger partial charge in [-0.1, -0.05) is 20.4 Å². The molecule has 3 N–H and O–H groups in total. The van der Waals surface area contributed by atoms with Gasteiger partial charge < -0.3 is 29.7 Å². The number of esters is 2. The van der Waals surface area contributed by atoms with E-state index in [1.165, 1.54) is 6.92 Å². The molecule has 9 nitrogen and oxygen atoms in total. The molecule has 208 valence electrons. The zero-order chi connectivity index (χ0) is 27.0. The normalized spacial score (nSPS) is 52.0. The van der Waals surface area contributed by atoms with Gasteiger partial charge in [-0.15, -0.1) is 0 Å². The number of aliphatic hydroxyl groups is 2. The molecular weight excluding hydrogens is 490 g/mol. The maximum Gasteiger partial charge on any atom is 0.310 e. The third-order valence-corrected chi connectivity index (χ3v) is 12.1. The van der Waals surface area contributed by atoms with Gasteiger partial charge in [0.05, 0.1) is 12.5 Å². The molecule has 0 radical (unpaired) electrons. The van der Waals surface area contributed by atoms with Gasteiger partial charge in [-0.2, -0.15) is 0 Å². The van der Waals surface area contributed by atoms with Gasteiger partial charge in [0.1, 0.15) is 17.6 Å². The van der Waals surface area contributed by atoms with Crippen molar-refractivity contribution in [2.24, 2.45) is 45.8 Å². The summed E-state index contributed by atoms with van der Waals surface area (Å²) in [6.07, 6.45) is 2.06. The minimum Gasteiger partial charge on any atom is -0.462 e. The van der Waals surface area contributed by atoms with Gasteiger partial charge in [0.15, 0.2) is 11.4 Å². The second-order valence-corrected chi connectivity index (χ2v) is 13.8. The van der Waals surface area contributed by atoms with E-state index < -0.39 is 64.0 Å². The highest BCUT2D eigenvalue weighted by atomic mass is 16.6. The predicted octanol–water partition coefficient (Wildman–Crippen LogP) is 1.50. The fourth-order valence-corrected chi connectivity index (χ4v) is 10.8. The number of ether oxygens (including phenoxy) is 3. The summed E-state index contributed by atoms with van der Waals surface area (Å²) < 4.78 is 18.3. The molecule has 5 saturated carbocycles. The topological polar surface area (TPSA) is 131 Å². The van der Waals surface area contributed by atoms with Crippen LogP contribution in [0.2, 0.25) is 0 Å². The molecule has 2 bridgehead atoms. The van der Waals surface area contributed by atoms with Crippen LogP contribution in [-0.2, 0) is 28.6 Å². The number of hydrogen-bond donors (Lipinski definition) is 3. The Morgan fingerprint density at radius 3 is 2.50 bits per heavy atom. The van der Waals surface area contributed by atoms with Gasteiger partial charge in [0.25, 0.3) is 0 Å². The second-order valence-electron chi connectivity index (χ2n) is 13.8. The van der Waals surface area contributed by atoms with Crippen LogP contribution >= 0.6 is 0 Å². The Hall–Kier alpha value is -1.81. The summed E-state index contributed by atoms with van der Waals surface area (Å²) in [4.78, 5) is 40.2. The summed E-state index contributed by atoms with van der Waals surface area (Å²) in [6.45, 7) is 11.3. The van der Waals surface area contributed by atoms with Crippen LogP contribution in [0.1, 0.15) is 59.3 Å². The number of aliphatic hydroxyl groups excluding tert-OH is 1. The van der Waals surface area contributed by atoms with E-state index in [4.69, 9.17) is 14.2 Å². The zero-order valence-electron chi connectivity index (χ0n) is 22.5. The van der Waals surface area contributed by atoms with Crippen LogP contribution < -0.4 is 5.32 Å². The lowest BCUT2D eigenvalue weighted by Gasteiger charge is -2.84. The fraction of sp³-hybridized carbons (Fsp3) is 0.828. The third kappa shape index (κ3) is 2.44. The quantitative estimate of drug-likeness (QED) is 0.368. The fourth-order valence-electron chi connectivity index (χ4n) is 10.8. The summed E-state index contributed by atoms with van der Waals surface area (Å²) >= 11 is 0. The minimum atomic E-state index is -2.11. The first-order valence-corrected chi connectivity index (χ1v) is 14.3. The highest BCUT2D eigenvalue weighted by Gasteiger charge is 2.97. The molecule has 3 aliphatic heterocycles. The number of piperidine rings is 1. The molecule has 0 aromatic carbocycles. The molecule has 9 heteroatoms. The van der Waals surface area contributed by atoms with E-state index in [1.54, 1.807) is 0 Å². The maximum absolute atomic E-state index is 14.6. The minimum absolute atomic E-state index is 0.104. The van der Waals surface area contributed by atoms with Crippen LogP contribution in [0.3, 0.4) is 0 Å². The Morgan fingerprint density at radius 2 is 1.82 bits per heavy atom. The van der Waals surface area contributed by atoms with Gasteiger partial charge in [-0.25, -0.2) is 0 Å². The molecule has 10 unspecified atom stereocenters. The predicted molar refractivity (Wildman–Crippen MR) is 132 cm³/mol. The number of Topliss-reactive ketones (excluding diaryl/α,β-unsaturated/α-hetero) is 1. The highest BCUT2D eigenvalue weighted by molar-refractivity contribution is 6.09. The van der Waals surface area contributed by atoms with Crippen molar-refractivity contribution in [3.8, 4) is 0 Å². The molecule has 5 aliphatic carbocycles. The van der Waals surface area contributed by atoms with Crippen molar-refractivity contribution in [1.82, 2.24) is 5.32 Å². The van der Waals surface area contributed by atoms with Crippen molar-refractivity contribution in [3.63, 3.8) is 0 Å². The molecule has 3 saturated heterocycles. The first-order chi connectivity index (χ1) is 17.9. The molecule has 3 heterocycles. The van der Waals surface area contributed by atoms with Crippen molar-refractivity contribution >= 4 is 17.7 Å². The number of fused-ring (bicyclic) bond motifs is 1. The number of carbonyl (C=O) groups is 3. The molecule has 0 amide bonds. The first kappa shape index (κ1) is 25.2. The molecule has 2 spiro atoms. The Kier molecular flexibility index (Phi) is 4.95. The molecule has 38 heavy (non-hydrogen) atoms. The van der Waals surface area contributed by atoms with Gasteiger partial charge in [0.2, 0.25) is 5.79 Å². The lowest BCUT2D eigenvalue weighted by Crippen LogP contribution is -2.97. The number of carbonyl (C=O) groups excluding carboxylic acids is 3. The van der Waals surface area contributed by atoms with Gasteiger partial charge in [0, 0.05) is 24.2 Å². The van der Waals surface area contributed by atoms with Gasteiger partial charge >= 0.3 is 11.9 Å². The standard InChI is InChI=1S/C29H39NO8/c1-14-17-5-6-18-26-13-36-29(35,22(32)21(26)25(3,4)10-7-19(26)37-15(2)31)27(18)20(17)28(14,24(27)34)38-23(33)16-8-11-30-12-9-16/h16-22,30,32,35H,1,5-13H2,2-4H3. The van der Waals surface area contributed by atoms with Crippen LogP contribution in [0.25, 0.3) is 0 Å². The Labute approximate surface area is 222 Å². The summed E-state index contributed by atoms with van der Waals surface area (Å²) in [5.74, 6) is -5.02. The summed E-state index contributed by atoms with van der Waals surface area (Å²) in [6, 6.07) is 0. The SMILES string of the molecule is C=C1C2CCC3C45COC(O)(C(O)C4C(C)(C)CCC5OC(C)=O)C34C(=O)C1(OC(=O)C1CCNCC1)C24. The highest BCUT2D eigenvalue weighted by Crippen LogP contribution is 2.85. The average molecular weight is 530 g/mol. The van der Waals surface area contributed by atoms with Crippen LogP contribution in [0.4, 0.5) is 0 Å². The van der Waals surface area contributed by atoms with Crippen LogP contribution in [0.5, 0.6) is 0 Å². The molecule has 8 aliphatic rings. The van der Waals surface area contributed by atoms with E-state index in [2.05, 4.69) is 25.7 Å². The molecule has 8 rings (SSSR count). The molecule has 8 fully saturated rings. The third-order valence-electron chi connectivity index (χ3n) is 12.1. The van der Waals surface area contributed by atoms with E-state index in [1.807, 2.05) is 0 Å². The zero-order valence-corrected chi connectivity index (χ0v) is 22.5. The second kappa shape index (κ2) is 7.47. The molecular formula is C29H39NO8. The van der Waals surface area contributed by atoms with Crippen molar-refractivity contribution in [3.05, 3.63) is 12.2 Å². The molecule has 0 aromatic heterocycles. The van der Waals surface area contributed by atoms with E-state index in [0.717, 1.165) is 19.5 Å². The molecule has 10 atom stereocenters. The van der Waals surface area contributed by atoms with Crippen molar-refractivity contribution < 1.29 is 38.8 Å². The summed E-state index contributed by atoms with van der Waals surface area (Å²) in [5, 5.41) is 27.5. The monoisotopic (exact) mass is 529 g/mol. The maximum atomic E-state index is 14.6. The van der Waals surface area contributed by atoms with E-state index in [-0.39, 0.29) is 29.8 Å². The Balaban J connectivity index is 1.34. The van der Waals surface area contributed by atoms with Crippen molar-refractivity contribution in [2.75, 3.05) is 19.7 Å². The largest absolute Gasteiger partial charge is 0.462 e. The van der Waals surface area contributed by atoms with E-state index in [9.17, 15) is 24.6 Å². The molecule has 0 aromatic rings. The number of hydrogen-bond acceptors (Lipinski definition) is 9. The number of rotatable bonds is 3. The Morgan fingerprint density at radius 1 is 1.11 bits per heavy atom. The summed E-state index contributed by atoms with van der Waals surface area (Å²) in [5.41, 5.74) is -3.52. The summed E-state index contributed by atoms with van der Waals surface area (Å²) in [7, 11) is 0. The number of nitrogens with one attached hydrogen (secondary N) is 1.